The molecule has 0 aromatic heterocycles. The SMILES string of the molecule is COc1ccc(CNCc2ccccc2)cc1OC(F)F. The molecular formula is C16H17F2NO2. The predicted molar refractivity (Wildman–Crippen MR) is 76.6 cm³/mol. The molecule has 0 unspecified atom stereocenters. The third-order valence-electron chi connectivity index (χ3n) is 2.95. The molecule has 1 N–H and O–H groups in total. The van der Waals surface area contributed by atoms with Gasteiger partial charge < -0.3 is 14.8 Å². The van der Waals surface area contributed by atoms with Crippen molar-refractivity contribution in [2.75, 3.05) is 7.11 Å². The molecule has 3 nitrogen and oxygen atoms in total. The lowest BCUT2D eigenvalue weighted by Gasteiger charge is -2.12. The van der Waals surface area contributed by atoms with Crippen molar-refractivity contribution in [1.82, 2.24) is 5.32 Å². The van der Waals surface area contributed by atoms with E-state index in [4.69, 9.17) is 4.74 Å². The normalized spacial score (nSPS) is 10.7. The Bertz CT molecular complexity index is 561. The molecule has 0 aliphatic carbocycles. The molecule has 0 spiro atoms. The third-order valence-corrected chi connectivity index (χ3v) is 2.95. The molecular weight excluding hydrogens is 276 g/mol. The fraction of sp³-hybridized carbons (Fsp3) is 0.250. The van der Waals surface area contributed by atoms with Crippen LogP contribution in [0.2, 0.25) is 0 Å². The number of ether oxygens (including phenoxy) is 2. The summed E-state index contributed by atoms with van der Waals surface area (Å²) >= 11 is 0. The molecule has 112 valence electrons. The van der Waals surface area contributed by atoms with Gasteiger partial charge in [-0.25, -0.2) is 0 Å². The molecule has 2 aromatic rings. The summed E-state index contributed by atoms with van der Waals surface area (Å²) < 4.78 is 34.1. The van der Waals surface area contributed by atoms with Crippen LogP contribution < -0.4 is 14.8 Å². The molecule has 0 heterocycles. The van der Waals surface area contributed by atoms with Crippen molar-refractivity contribution in [2.45, 2.75) is 19.7 Å². The van der Waals surface area contributed by atoms with Crippen LogP contribution in [0, 0.1) is 0 Å². The van der Waals surface area contributed by atoms with Gasteiger partial charge in [0.25, 0.3) is 0 Å². The number of rotatable bonds is 7. The number of alkyl halides is 2. The first kappa shape index (κ1) is 15.3. The fourth-order valence-electron chi connectivity index (χ4n) is 1.97. The molecule has 0 aliphatic rings. The lowest BCUT2D eigenvalue weighted by Crippen LogP contribution is -2.13. The summed E-state index contributed by atoms with van der Waals surface area (Å²) in [6.07, 6.45) is 0. The van der Waals surface area contributed by atoms with Crippen LogP contribution in [0.5, 0.6) is 11.5 Å². The zero-order valence-corrected chi connectivity index (χ0v) is 11.7. The van der Waals surface area contributed by atoms with Crippen LogP contribution >= 0.6 is 0 Å². The second-order valence-corrected chi connectivity index (χ2v) is 4.45. The number of halogens is 2. The van der Waals surface area contributed by atoms with E-state index in [2.05, 4.69) is 10.1 Å². The van der Waals surface area contributed by atoms with Gasteiger partial charge in [0.15, 0.2) is 11.5 Å². The van der Waals surface area contributed by atoms with Crippen molar-refractivity contribution in [3.05, 3.63) is 59.7 Å². The summed E-state index contributed by atoms with van der Waals surface area (Å²) in [5.41, 5.74) is 2.01. The zero-order chi connectivity index (χ0) is 15.1. The summed E-state index contributed by atoms with van der Waals surface area (Å²) in [5.74, 6) is 0.341. The van der Waals surface area contributed by atoms with E-state index in [1.165, 1.54) is 7.11 Å². The Hall–Kier alpha value is -2.14. The zero-order valence-electron chi connectivity index (χ0n) is 11.7. The summed E-state index contributed by atoms with van der Waals surface area (Å²) in [5, 5.41) is 3.25. The quantitative estimate of drug-likeness (QED) is 0.846. The standard InChI is InChI=1S/C16H17F2NO2/c1-20-14-8-7-13(9-15(14)21-16(17)18)11-19-10-12-5-3-2-4-6-12/h2-9,16,19H,10-11H2,1H3. The van der Waals surface area contributed by atoms with Crippen LogP contribution in [0.3, 0.4) is 0 Å². The summed E-state index contributed by atoms with van der Waals surface area (Å²) in [4.78, 5) is 0. The number of hydrogen-bond acceptors (Lipinski definition) is 3. The Kier molecular flexibility index (Phi) is 5.51. The van der Waals surface area contributed by atoms with Crippen molar-refractivity contribution < 1.29 is 18.3 Å². The number of methoxy groups -OCH3 is 1. The van der Waals surface area contributed by atoms with E-state index in [1.807, 2.05) is 36.4 Å². The first-order valence-corrected chi connectivity index (χ1v) is 6.55. The fourth-order valence-corrected chi connectivity index (χ4v) is 1.97. The van der Waals surface area contributed by atoms with Gasteiger partial charge in [0, 0.05) is 13.1 Å². The molecule has 0 saturated heterocycles. The predicted octanol–water partition coefficient (Wildman–Crippen LogP) is 3.59. The van der Waals surface area contributed by atoms with Crippen LogP contribution in [-0.4, -0.2) is 13.7 Å². The van der Waals surface area contributed by atoms with E-state index in [0.29, 0.717) is 18.8 Å². The van der Waals surface area contributed by atoms with Crippen molar-refractivity contribution >= 4 is 0 Å². The third kappa shape index (κ3) is 4.72. The maximum atomic E-state index is 12.3. The van der Waals surface area contributed by atoms with Crippen molar-refractivity contribution in [1.29, 1.82) is 0 Å². The minimum absolute atomic E-state index is 0.0477. The van der Waals surface area contributed by atoms with Gasteiger partial charge in [-0.3, -0.25) is 0 Å². The Morgan fingerprint density at radius 2 is 1.67 bits per heavy atom. The number of benzene rings is 2. The van der Waals surface area contributed by atoms with Gasteiger partial charge in [-0.2, -0.15) is 8.78 Å². The van der Waals surface area contributed by atoms with Gasteiger partial charge in [0.1, 0.15) is 0 Å². The summed E-state index contributed by atoms with van der Waals surface area (Å²) in [6.45, 7) is -1.61. The van der Waals surface area contributed by atoms with E-state index < -0.39 is 6.61 Å². The Morgan fingerprint density at radius 3 is 2.33 bits per heavy atom. The van der Waals surface area contributed by atoms with Crippen LogP contribution in [0.4, 0.5) is 8.78 Å². The minimum atomic E-state index is -2.87. The highest BCUT2D eigenvalue weighted by atomic mass is 19.3. The van der Waals surface area contributed by atoms with Gasteiger partial charge in [-0.15, -0.1) is 0 Å². The van der Waals surface area contributed by atoms with Crippen LogP contribution in [0.15, 0.2) is 48.5 Å². The highest BCUT2D eigenvalue weighted by Crippen LogP contribution is 2.29. The molecule has 0 bridgehead atoms. The summed E-state index contributed by atoms with van der Waals surface area (Å²) in [7, 11) is 1.42. The molecule has 21 heavy (non-hydrogen) atoms. The molecule has 0 atom stereocenters. The van der Waals surface area contributed by atoms with Crippen LogP contribution in [-0.2, 0) is 13.1 Å². The van der Waals surface area contributed by atoms with Crippen LogP contribution in [0.1, 0.15) is 11.1 Å². The lowest BCUT2D eigenvalue weighted by atomic mass is 10.2. The van der Waals surface area contributed by atoms with Gasteiger partial charge >= 0.3 is 6.61 Å². The summed E-state index contributed by atoms with van der Waals surface area (Å²) in [6, 6.07) is 14.9. The smallest absolute Gasteiger partial charge is 0.387 e. The second-order valence-electron chi connectivity index (χ2n) is 4.45. The Balaban J connectivity index is 1.96. The van der Waals surface area contributed by atoms with E-state index in [-0.39, 0.29) is 5.75 Å². The van der Waals surface area contributed by atoms with Crippen molar-refractivity contribution in [3.8, 4) is 11.5 Å². The van der Waals surface area contributed by atoms with Crippen molar-refractivity contribution in [3.63, 3.8) is 0 Å². The highest BCUT2D eigenvalue weighted by molar-refractivity contribution is 5.43. The average molecular weight is 293 g/mol. The van der Waals surface area contributed by atoms with E-state index in [9.17, 15) is 8.78 Å². The van der Waals surface area contributed by atoms with Gasteiger partial charge in [0.05, 0.1) is 7.11 Å². The van der Waals surface area contributed by atoms with Gasteiger partial charge in [0.2, 0.25) is 0 Å². The molecule has 0 radical (unpaired) electrons. The van der Waals surface area contributed by atoms with Gasteiger partial charge in [-0.1, -0.05) is 36.4 Å². The van der Waals surface area contributed by atoms with Crippen molar-refractivity contribution in [2.24, 2.45) is 0 Å². The second kappa shape index (κ2) is 7.59. The maximum Gasteiger partial charge on any atom is 0.387 e. The largest absolute Gasteiger partial charge is 0.493 e. The Labute approximate surface area is 122 Å². The minimum Gasteiger partial charge on any atom is -0.493 e. The van der Waals surface area contributed by atoms with E-state index in [0.717, 1.165) is 11.1 Å². The lowest BCUT2D eigenvalue weighted by molar-refractivity contribution is -0.0512. The Morgan fingerprint density at radius 1 is 0.952 bits per heavy atom. The molecule has 0 saturated carbocycles. The van der Waals surface area contributed by atoms with Gasteiger partial charge in [-0.05, 0) is 23.3 Å². The number of hydrogen-bond donors (Lipinski definition) is 1. The molecule has 2 rings (SSSR count). The number of nitrogens with one attached hydrogen (secondary N) is 1. The first-order valence-electron chi connectivity index (χ1n) is 6.55. The molecule has 0 fully saturated rings. The first-order chi connectivity index (χ1) is 10.2. The average Bonchev–Trinajstić information content (AvgIpc) is 2.48. The topological polar surface area (TPSA) is 30.5 Å². The molecule has 2 aromatic carbocycles. The molecule has 0 aliphatic heterocycles. The van der Waals surface area contributed by atoms with E-state index in [1.54, 1.807) is 12.1 Å². The maximum absolute atomic E-state index is 12.3. The van der Waals surface area contributed by atoms with E-state index >= 15 is 0 Å². The monoisotopic (exact) mass is 293 g/mol. The van der Waals surface area contributed by atoms with Crippen LogP contribution in [0.25, 0.3) is 0 Å². The highest BCUT2D eigenvalue weighted by Gasteiger charge is 2.11. The molecule has 5 heteroatoms. The molecule has 0 amide bonds.